The summed E-state index contributed by atoms with van der Waals surface area (Å²) < 4.78 is 38.9. The zero-order valence-corrected chi connectivity index (χ0v) is 27.6. The maximum atomic E-state index is 13.5. The number of ketones is 1. The second kappa shape index (κ2) is 17.5. The number of carbonyl (C=O) groups excluding carboxylic acids is 7. The summed E-state index contributed by atoms with van der Waals surface area (Å²) in [7, 11) is -4.88. The number of anilines is 1. The first kappa shape index (κ1) is 38.8. The molecule has 0 aromatic heterocycles. The number of nitrogens with zero attached hydrogens (tertiary/aromatic N) is 1. The molecular formula is C30H43N5O11S. The van der Waals surface area contributed by atoms with E-state index in [1.165, 1.54) is 13.8 Å². The minimum atomic E-state index is -4.88. The number of likely N-dealkylation sites (tertiary alicyclic amines) is 1. The molecule has 260 valence electrons. The van der Waals surface area contributed by atoms with Crippen molar-refractivity contribution in [3.63, 3.8) is 0 Å². The van der Waals surface area contributed by atoms with Crippen LogP contribution < -0.4 is 21.7 Å². The molecule has 1 aromatic carbocycles. The van der Waals surface area contributed by atoms with Crippen molar-refractivity contribution in [2.75, 3.05) is 18.4 Å². The van der Waals surface area contributed by atoms with Gasteiger partial charge in [-0.1, -0.05) is 32.9 Å². The molecule has 2 rings (SSSR count). The normalized spacial score (nSPS) is 16.7. The summed E-state index contributed by atoms with van der Waals surface area (Å²) in [5.41, 5.74) is 6.20. The van der Waals surface area contributed by atoms with E-state index >= 15 is 0 Å². The summed E-state index contributed by atoms with van der Waals surface area (Å²) in [6, 6.07) is 4.58. The lowest BCUT2D eigenvalue weighted by molar-refractivity contribution is -0.142. The van der Waals surface area contributed by atoms with Gasteiger partial charge < -0.3 is 26.4 Å². The van der Waals surface area contributed by atoms with Crippen LogP contribution in [0.25, 0.3) is 0 Å². The van der Waals surface area contributed by atoms with Crippen molar-refractivity contribution in [3.8, 4) is 0 Å². The first-order valence-corrected chi connectivity index (χ1v) is 16.6. The predicted octanol–water partition coefficient (Wildman–Crippen LogP) is 0.894. The van der Waals surface area contributed by atoms with Gasteiger partial charge >= 0.3 is 12.0 Å². The van der Waals surface area contributed by atoms with Crippen LogP contribution in [0.1, 0.15) is 65.4 Å². The van der Waals surface area contributed by atoms with Crippen molar-refractivity contribution in [1.29, 1.82) is 0 Å². The highest BCUT2D eigenvalue weighted by molar-refractivity contribution is 7.86. The van der Waals surface area contributed by atoms with Crippen molar-refractivity contribution in [1.82, 2.24) is 15.5 Å². The monoisotopic (exact) mass is 681 g/mol. The van der Waals surface area contributed by atoms with Crippen LogP contribution in [0.15, 0.2) is 24.3 Å². The number of rotatable bonds is 18. The number of ether oxygens (including phenoxy) is 1. The fourth-order valence-corrected chi connectivity index (χ4v) is 5.63. The van der Waals surface area contributed by atoms with E-state index in [2.05, 4.69) is 16.0 Å². The van der Waals surface area contributed by atoms with Gasteiger partial charge in [-0.25, -0.2) is 4.79 Å². The number of esters is 1. The Morgan fingerprint density at radius 1 is 1.09 bits per heavy atom. The first-order chi connectivity index (χ1) is 21.9. The summed E-state index contributed by atoms with van der Waals surface area (Å²) in [6.07, 6.45) is -0.843. The highest BCUT2D eigenvalue weighted by Gasteiger charge is 2.40. The Kier molecular flexibility index (Phi) is 14.5. The summed E-state index contributed by atoms with van der Waals surface area (Å²) in [4.78, 5) is 87.1. The number of hydrogen-bond acceptors (Lipinski definition) is 10. The lowest BCUT2D eigenvalue weighted by Gasteiger charge is -2.25. The molecule has 1 aliphatic rings. The lowest BCUT2D eigenvalue weighted by Crippen LogP contribution is -2.48. The summed E-state index contributed by atoms with van der Waals surface area (Å²) in [6.45, 7) is 5.52. The standard InChI is InChI=1S/C30H43N5O11S/c1-17(2)27(34-25(38)14-23(47(43,44)45)15-35-26(39)12-18(3)29(35)41)24(37)13-21(6-5-11-32-30(31)42)28(40)33-22-9-7-20(8-10-22)16-46-19(4)36/h7-10,17-18,21,23,27H,5-6,11-16H2,1-4H3,(H,33,40)(H,34,38)(H3,31,32,42)(H,43,44,45)/t18?,21-,23?,27+/m1/s1. The highest BCUT2D eigenvalue weighted by atomic mass is 32.2. The van der Waals surface area contributed by atoms with E-state index in [-0.39, 0.29) is 38.8 Å². The van der Waals surface area contributed by atoms with Crippen molar-refractivity contribution >= 4 is 57.2 Å². The maximum absolute atomic E-state index is 13.5. The van der Waals surface area contributed by atoms with Gasteiger partial charge in [-0.2, -0.15) is 8.42 Å². The quantitative estimate of drug-likeness (QED) is 0.0630. The predicted molar refractivity (Wildman–Crippen MR) is 168 cm³/mol. The molecule has 1 fully saturated rings. The molecule has 0 spiro atoms. The molecule has 16 nitrogen and oxygen atoms in total. The molecule has 4 atom stereocenters. The first-order valence-electron chi connectivity index (χ1n) is 15.1. The molecule has 1 aliphatic heterocycles. The smallest absolute Gasteiger partial charge is 0.312 e. The van der Waals surface area contributed by atoms with Gasteiger partial charge in [-0.15, -0.1) is 0 Å². The number of Topliss-reactive ketones (excluding diaryl/α,β-unsaturated/α-hetero) is 1. The van der Waals surface area contributed by atoms with Crippen LogP contribution in [-0.4, -0.2) is 83.7 Å². The molecule has 0 aliphatic carbocycles. The molecule has 6 N–H and O–H groups in total. The van der Waals surface area contributed by atoms with Crippen LogP contribution in [0.5, 0.6) is 0 Å². The zero-order valence-electron chi connectivity index (χ0n) is 26.8. The molecule has 6 amide bonds. The lowest BCUT2D eigenvalue weighted by atomic mass is 9.89. The number of primary amides is 1. The van der Waals surface area contributed by atoms with E-state index in [9.17, 15) is 46.5 Å². The van der Waals surface area contributed by atoms with Gasteiger partial charge in [-0.05, 0) is 36.5 Å². The van der Waals surface area contributed by atoms with Crippen LogP contribution in [-0.2, 0) is 50.2 Å². The van der Waals surface area contributed by atoms with E-state index in [1.54, 1.807) is 38.1 Å². The van der Waals surface area contributed by atoms with E-state index < -0.39 is 93.5 Å². The third-order valence-corrected chi connectivity index (χ3v) is 8.69. The number of imide groups is 1. The molecule has 47 heavy (non-hydrogen) atoms. The fourth-order valence-electron chi connectivity index (χ4n) is 4.94. The highest BCUT2D eigenvalue weighted by Crippen LogP contribution is 2.22. The van der Waals surface area contributed by atoms with Gasteiger partial charge in [0, 0.05) is 56.8 Å². The van der Waals surface area contributed by atoms with Crippen molar-refractivity contribution < 1.29 is 51.3 Å². The van der Waals surface area contributed by atoms with Crippen molar-refractivity contribution in [2.45, 2.75) is 77.7 Å². The Balaban J connectivity index is 2.15. The minimum absolute atomic E-state index is 0.0502. The maximum Gasteiger partial charge on any atom is 0.312 e. The molecular weight excluding hydrogens is 638 g/mol. The van der Waals surface area contributed by atoms with Gasteiger partial charge in [0.2, 0.25) is 23.6 Å². The number of nitrogens with one attached hydrogen (secondary N) is 3. The fraction of sp³-hybridized carbons (Fsp3) is 0.567. The van der Waals surface area contributed by atoms with E-state index in [1.807, 2.05) is 0 Å². The number of carbonyl (C=O) groups is 7. The van der Waals surface area contributed by atoms with Crippen LogP contribution in [0, 0.1) is 17.8 Å². The summed E-state index contributed by atoms with van der Waals surface area (Å²) in [5.74, 6) is -5.72. The Labute approximate surface area is 273 Å². The Morgan fingerprint density at radius 2 is 1.72 bits per heavy atom. The molecule has 17 heteroatoms. The van der Waals surface area contributed by atoms with Gasteiger partial charge in [-0.3, -0.25) is 38.2 Å². The van der Waals surface area contributed by atoms with Gasteiger partial charge in [0.1, 0.15) is 11.9 Å². The van der Waals surface area contributed by atoms with Crippen molar-refractivity contribution in [2.24, 2.45) is 23.5 Å². The number of urea groups is 1. The van der Waals surface area contributed by atoms with Crippen LogP contribution in [0.2, 0.25) is 0 Å². The van der Waals surface area contributed by atoms with E-state index in [0.29, 0.717) is 16.2 Å². The number of amides is 6. The van der Waals surface area contributed by atoms with E-state index in [4.69, 9.17) is 10.5 Å². The number of hydrogen-bond donors (Lipinski definition) is 5. The SMILES string of the molecule is CC(=O)OCc1ccc(NC(=O)[C@H](CCCNC(N)=O)CC(=O)[C@@H](NC(=O)CC(CN2C(=O)CC(C)C2=O)S(=O)(=O)O)C(C)C)cc1. The van der Waals surface area contributed by atoms with Gasteiger partial charge in [0.05, 0.1) is 6.04 Å². The second-order valence-corrected chi connectivity index (χ2v) is 13.5. The Morgan fingerprint density at radius 3 is 2.23 bits per heavy atom. The Bertz CT molecular complexity index is 1450. The molecule has 1 heterocycles. The average Bonchev–Trinajstić information content (AvgIpc) is 3.21. The average molecular weight is 682 g/mol. The third-order valence-electron chi connectivity index (χ3n) is 7.53. The molecule has 0 saturated carbocycles. The second-order valence-electron chi connectivity index (χ2n) is 11.8. The van der Waals surface area contributed by atoms with Crippen molar-refractivity contribution in [3.05, 3.63) is 29.8 Å². The topological polar surface area (TPSA) is 248 Å². The molecule has 2 unspecified atom stereocenters. The molecule has 1 saturated heterocycles. The third kappa shape index (κ3) is 12.7. The van der Waals surface area contributed by atoms with Crippen LogP contribution in [0.4, 0.5) is 10.5 Å². The van der Waals surface area contributed by atoms with Gasteiger partial charge in [0.25, 0.3) is 10.1 Å². The molecule has 0 radical (unpaired) electrons. The number of nitrogens with two attached hydrogens (primary N) is 1. The minimum Gasteiger partial charge on any atom is -0.461 e. The largest absolute Gasteiger partial charge is 0.461 e. The van der Waals surface area contributed by atoms with Crippen LogP contribution in [0.3, 0.4) is 0 Å². The Hall–Kier alpha value is -4.38. The zero-order chi connectivity index (χ0) is 35.5. The summed E-state index contributed by atoms with van der Waals surface area (Å²) in [5, 5.41) is 5.81. The van der Waals surface area contributed by atoms with Crippen LogP contribution >= 0.6 is 0 Å². The molecule has 1 aromatic rings. The van der Waals surface area contributed by atoms with E-state index in [0.717, 1.165) is 0 Å². The summed E-state index contributed by atoms with van der Waals surface area (Å²) >= 11 is 0. The van der Waals surface area contributed by atoms with Gasteiger partial charge in [0.15, 0.2) is 5.78 Å². The molecule has 0 bridgehead atoms. The number of benzene rings is 1.